The van der Waals surface area contributed by atoms with Crippen molar-refractivity contribution < 1.29 is 4.79 Å². The number of amides is 1. The molecule has 2 aromatic rings. The number of carbonyl (C=O) groups excluding carboxylic acids is 1. The van der Waals surface area contributed by atoms with Crippen LogP contribution in [0.25, 0.3) is 0 Å². The Kier molecular flexibility index (Phi) is 2.85. The summed E-state index contributed by atoms with van der Waals surface area (Å²) >= 11 is 0. The molecule has 2 heterocycles. The number of hydrogen-bond donors (Lipinski definition) is 0. The van der Waals surface area contributed by atoms with Gasteiger partial charge in [0.1, 0.15) is 0 Å². The second kappa shape index (κ2) is 4.53. The van der Waals surface area contributed by atoms with Crippen molar-refractivity contribution in [2.75, 3.05) is 6.54 Å². The largest absolute Gasteiger partial charge is 0.340 e. The second-order valence-corrected chi connectivity index (χ2v) is 5.10. The van der Waals surface area contributed by atoms with Crippen LogP contribution in [0.15, 0.2) is 30.5 Å². The summed E-state index contributed by atoms with van der Waals surface area (Å²) in [5.41, 5.74) is 4.92. The standard InChI is InChI=1S/C15H17N3O/c1-11-14(7-16-17(11)2)15-9-18(10-19)8-12-5-3-4-6-13(12)15/h3-7,10,15H,8-9H2,1-2H3. The Morgan fingerprint density at radius 3 is 2.79 bits per heavy atom. The molecular formula is C15H17N3O. The third-order valence-electron chi connectivity index (χ3n) is 4.02. The molecule has 0 spiro atoms. The van der Waals surface area contributed by atoms with Crippen molar-refractivity contribution in [3.8, 4) is 0 Å². The lowest BCUT2D eigenvalue weighted by Crippen LogP contribution is -2.33. The summed E-state index contributed by atoms with van der Waals surface area (Å²) in [6.07, 6.45) is 2.86. The van der Waals surface area contributed by atoms with Gasteiger partial charge >= 0.3 is 0 Å². The van der Waals surface area contributed by atoms with E-state index in [0.717, 1.165) is 18.6 Å². The molecule has 0 saturated carbocycles. The lowest BCUT2D eigenvalue weighted by molar-refractivity contribution is -0.119. The van der Waals surface area contributed by atoms with Gasteiger partial charge in [0.15, 0.2) is 0 Å². The first-order valence-electron chi connectivity index (χ1n) is 6.46. The van der Waals surface area contributed by atoms with Gasteiger partial charge in [-0.15, -0.1) is 0 Å². The van der Waals surface area contributed by atoms with E-state index in [4.69, 9.17) is 0 Å². The molecule has 0 N–H and O–H groups in total. The van der Waals surface area contributed by atoms with Crippen LogP contribution in [0.4, 0.5) is 0 Å². The first-order chi connectivity index (χ1) is 9.20. The van der Waals surface area contributed by atoms with Crippen LogP contribution in [-0.4, -0.2) is 27.6 Å². The van der Waals surface area contributed by atoms with E-state index in [-0.39, 0.29) is 5.92 Å². The average molecular weight is 255 g/mol. The Hall–Kier alpha value is -2.10. The van der Waals surface area contributed by atoms with Crippen LogP contribution in [0, 0.1) is 6.92 Å². The van der Waals surface area contributed by atoms with E-state index in [1.165, 1.54) is 16.7 Å². The maximum absolute atomic E-state index is 11.1. The Balaban J connectivity index is 2.10. The third kappa shape index (κ3) is 1.93. The van der Waals surface area contributed by atoms with Gasteiger partial charge in [-0.3, -0.25) is 9.48 Å². The van der Waals surface area contributed by atoms with Crippen LogP contribution in [0.3, 0.4) is 0 Å². The predicted octanol–water partition coefficient (Wildman–Crippen LogP) is 1.83. The molecule has 0 fully saturated rings. The summed E-state index contributed by atoms with van der Waals surface area (Å²) in [6.45, 7) is 3.51. The van der Waals surface area contributed by atoms with Crippen LogP contribution < -0.4 is 0 Å². The van der Waals surface area contributed by atoms with Gasteiger partial charge in [-0.05, 0) is 18.1 Å². The molecule has 98 valence electrons. The highest BCUT2D eigenvalue weighted by molar-refractivity contribution is 5.52. The van der Waals surface area contributed by atoms with Crippen LogP contribution in [0.5, 0.6) is 0 Å². The number of nitrogens with zero attached hydrogens (tertiary/aromatic N) is 3. The number of aromatic nitrogens is 2. The van der Waals surface area contributed by atoms with Crippen molar-refractivity contribution in [2.45, 2.75) is 19.4 Å². The SMILES string of the molecule is Cc1c(C2CN(C=O)Cc3ccccc32)cnn1C. The maximum atomic E-state index is 11.1. The van der Waals surface area contributed by atoms with Crippen molar-refractivity contribution in [2.24, 2.45) is 7.05 Å². The van der Waals surface area contributed by atoms with Gasteiger partial charge in [-0.1, -0.05) is 24.3 Å². The van der Waals surface area contributed by atoms with Crippen molar-refractivity contribution in [1.82, 2.24) is 14.7 Å². The smallest absolute Gasteiger partial charge is 0.210 e. The van der Waals surface area contributed by atoms with Gasteiger partial charge < -0.3 is 4.90 Å². The van der Waals surface area contributed by atoms with Crippen molar-refractivity contribution in [1.29, 1.82) is 0 Å². The minimum Gasteiger partial charge on any atom is -0.340 e. The summed E-state index contributed by atoms with van der Waals surface area (Å²) < 4.78 is 1.89. The van der Waals surface area contributed by atoms with Crippen LogP contribution in [-0.2, 0) is 18.4 Å². The van der Waals surface area contributed by atoms with E-state index in [2.05, 4.69) is 30.2 Å². The van der Waals surface area contributed by atoms with Crippen molar-refractivity contribution in [3.05, 3.63) is 52.8 Å². The van der Waals surface area contributed by atoms with E-state index < -0.39 is 0 Å². The molecule has 4 nitrogen and oxygen atoms in total. The minimum atomic E-state index is 0.226. The van der Waals surface area contributed by atoms with Gasteiger partial charge in [0, 0.05) is 37.3 Å². The van der Waals surface area contributed by atoms with Crippen molar-refractivity contribution >= 4 is 6.41 Å². The van der Waals surface area contributed by atoms with E-state index in [1.807, 2.05) is 28.9 Å². The minimum absolute atomic E-state index is 0.226. The molecule has 1 aliphatic heterocycles. The number of aryl methyl sites for hydroxylation is 1. The number of carbonyl (C=O) groups is 1. The van der Waals surface area contributed by atoms with E-state index >= 15 is 0 Å². The highest BCUT2D eigenvalue weighted by Gasteiger charge is 2.27. The molecule has 19 heavy (non-hydrogen) atoms. The Morgan fingerprint density at radius 2 is 2.11 bits per heavy atom. The van der Waals surface area contributed by atoms with Gasteiger partial charge in [0.25, 0.3) is 0 Å². The summed E-state index contributed by atoms with van der Waals surface area (Å²) in [7, 11) is 1.95. The van der Waals surface area contributed by atoms with Crippen LogP contribution >= 0.6 is 0 Å². The highest BCUT2D eigenvalue weighted by Crippen LogP contribution is 2.34. The molecule has 0 aliphatic carbocycles. The Bertz CT molecular complexity index is 618. The monoisotopic (exact) mass is 255 g/mol. The Labute approximate surface area is 112 Å². The number of rotatable bonds is 2. The molecule has 1 aromatic heterocycles. The normalized spacial score (nSPS) is 18.2. The molecule has 3 rings (SSSR count). The van der Waals surface area contributed by atoms with Crippen molar-refractivity contribution in [3.63, 3.8) is 0 Å². The van der Waals surface area contributed by atoms with Crippen LogP contribution in [0.2, 0.25) is 0 Å². The maximum Gasteiger partial charge on any atom is 0.210 e. The number of fused-ring (bicyclic) bond motifs is 1. The molecule has 1 aliphatic rings. The molecular weight excluding hydrogens is 238 g/mol. The summed E-state index contributed by atoms with van der Waals surface area (Å²) in [5, 5.41) is 4.32. The van der Waals surface area contributed by atoms with Gasteiger partial charge in [0.2, 0.25) is 6.41 Å². The number of hydrogen-bond acceptors (Lipinski definition) is 2. The summed E-state index contributed by atoms with van der Waals surface area (Å²) in [4.78, 5) is 13.0. The lowest BCUT2D eigenvalue weighted by atomic mass is 9.85. The molecule has 1 atom stereocenters. The molecule has 4 heteroatoms. The topological polar surface area (TPSA) is 38.1 Å². The van der Waals surface area contributed by atoms with Gasteiger partial charge in [-0.25, -0.2) is 0 Å². The summed E-state index contributed by atoms with van der Waals surface area (Å²) in [6, 6.07) is 8.35. The van der Waals surface area contributed by atoms with E-state index in [1.54, 1.807) is 0 Å². The fourth-order valence-corrected chi connectivity index (χ4v) is 2.84. The molecule has 0 bridgehead atoms. The van der Waals surface area contributed by atoms with E-state index in [9.17, 15) is 4.79 Å². The first-order valence-corrected chi connectivity index (χ1v) is 6.46. The summed E-state index contributed by atoms with van der Waals surface area (Å²) in [5.74, 6) is 0.226. The van der Waals surface area contributed by atoms with E-state index in [0.29, 0.717) is 6.54 Å². The second-order valence-electron chi connectivity index (χ2n) is 5.10. The predicted molar refractivity (Wildman–Crippen MR) is 72.7 cm³/mol. The van der Waals surface area contributed by atoms with Gasteiger partial charge in [-0.2, -0.15) is 5.10 Å². The number of benzene rings is 1. The molecule has 0 radical (unpaired) electrons. The average Bonchev–Trinajstić information content (AvgIpc) is 2.78. The first kappa shape index (κ1) is 12.0. The quantitative estimate of drug-likeness (QED) is 0.768. The zero-order chi connectivity index (χ0) is 13.4. The van der Waals surface area contributed by atoms with Gasteiger partial charge in [0.05, 0.1) is 6.20 Å². The fourth-order valence-electron chi connectivity index (χ4n) is 2.84. The zero-order valence-corrected chi connectivity index (χ0v) is 11.2. The fraction of sp³-hybridized carbons (Fsp3) is 0.333. The molecule has 1 amide bonds. The Morgan fingerprint density at radius 1 is 1.32 bits per heavy atom. The molecule has 1 unspecified atom stereocenters. The molecule has 1 aromatic carbocycles. The zero-order valence-electron chi connectivity index (χ0n) is 11.2. The molecule has 0 saturated heterocycles. The van der Waals surface area contributed by atoms with Crippen LogP contribution in [0.1, 0.15) is 28.3 Å². The lowest BCUT2D eigenvalue weighted by Gasteiger charge is -2.32. The third-order valence-corrected chi connectivity index (χ3v) is 4.02. The highest BCUT2D eigenvalue weighted by atomic mass is 16.1.